The van der Waals surface area contributed by atoms with Crippen molar-refractivity contribution in [3.8, 4) is 0 Å². The standard InChI is InChI=1S/C31H40B2N2O4/c1-28(2)29(3,4)37-32(36-28)22-11-13-26-24(16-22)20(18-34(26)9)15-21-19-35(10)27-14-12-23(17-25(21)27)33-38-30(5,6)31(7,8)39-33/h11-14,16-19H,15H2,1-10H3. The highest BCUT2D eigenvalue weighted by Crippen LogP contribution is 2.38. The first kappa shape index (κ1) is 26.7. The number of hydrogen-bond acceptors (Lipinski definition) is 4. The van der Waals surface area contributed by atoms with Crippen LogP contribution >= 0.6 is 0 Å². The van der Waals surface area contributed by atoms with Crippen molar-refractivity contribution in [2.45, 2.75) is 84.2 Å². The molecule has 0 aliphatic carbocycles. The molecule has 6 rings (SSSR count). The summed E-state index contributed by atoms with van der Waals surface area (Å²) in [5.74, 6) is 0. The fraction of sp³-hybridized carbons (Fsp3) is 0.484. The summed E-state index contributed by atoms with van der Waals surface area (Å²) >= 11 is 0. The fourth-order valence-corrected chi connectivity index (χ4v) is 5.72. The van der Waals surface area contributed by atoms with Crippen molar-refractivity contribution in [1.82, 2.24) is 9.13 Å². The summed E-state index contributed by atoms with van der Waals surface area (Å²) in [6.45, 7) is 16.8. The van der Waals surface area contributed by atoms with Gasteiger partial charge in [0.2, 0.25) is 0 Å². The summed E-state index contributed by atoms with van der Waals surface area (Å²) in [5.41, 5.74) is 5.57. The molecule has 2 fully saturated rings. The van der Waals surface area contributed by atoms with Crippen LogP contribution in [0, 0.1) is 0 Å². The second-order valence-electron chi connectivity index (χ2n) is 13.4. The van der Waals surface area contributed by atoms with E-state index in [-0.39, 0.29) is 36.6 Å². The van der Waals surface area contributed by atoms with Crippen molar-refractivity contribution in [1.29, 1.82) is 0 Å². The zero-order chi connectivity index (χ0) is 28.1. The Labute approximate surface area is 232 Å². The van der Waals surface area contributed by atoms with Gasteiger partial charge < -0.3 is 27.8 Å². The highest BCUT2D eigenvalue weighted by atomic mass is 16.7. The van der Waals surface area contributed by atoms with Crippen LogP contribution in [0.2, 0.25) is 0 Å². The number of hydrogen-bond donors (Lipinski definition) is 0. The van der Waals surface area contributed by atoms with Gasteiger partial charge in [-0.05, 0) is 89.6 Å². The van der Waals surface area contributed by atoms with Gasteiger partial charge in [-0.25, -0.2) is 0 Å². The quantitative estimate of drug-likeness (QED) is 0.357. The molecule has 204 valence electrons. The van der Waals surface area contributed by atoms with E-state index in [1.165, 1.54) is 32.9 Å². The Kier molecular flexibility index (Phi) is 5.82. The molecule has 2 aliphatic rings. The van der Waals surface area contributed by atoms with E-state index in [9.17, 15) is 0 Å². The average Bonchev–Trinajstić information content (AvgIpc) is 3.47. The van der Waals surface area contributed by atoms with Crippen molar-refractivity contribution < 1.29 is 18.6 Å². The Morgan fingerprint density at radius 2 is 0.897 bits per heavy atom. The minimum absolute atomic E-state index is 0.371. The molecule has 2 aromatic carbocycles. The molecule has 39 heavy (non-hydrogen) atoms. The van der Waals surface area contributed by atoms with Gasteiger partial charge in [0.05, 0.1) is 22.4 Å². The van der Waals surface area contributed by atoms with Gasteiger partial charge in [-0.2, -0.15) is 0 Å². The summed E-state index contributed by atoms with van der Waals surface area (Å²) in [7, 11) is 3.46. The Hall–Kier alpha value is -2.51. The predicted octanol–water partition coefficient (Wildman–Crippen LogP) is 4.86. The largest absolute Gasteiger partial charge is 0.494 e. The first-order valence-electron chi connectivity index (χ1n) is 14.0. The van der Waals surface area contributed by atoms with Crippen LogP contribution in [0.3, 0.4) is 0 Å². The second-order valence-corrected chi connectivity index (χ2v) is 13.4. The lowest BCUT2D eigenvalue weighted by Gasteiger charge is -2.32. The Morgan fingerprint density at radius 3 is 1.23 bits per heavy atom. The van der Waals surface area contributed by atoms with Crippen molar-refractivity contribution >= 4 is 47.0 Å². The smallest absolute Gasteiger partial charge is 0.399 e. The van der Waals surface area contributed by atoms with Crippen molar-refractivity contribution in [2.24, 2.45) is 14.1 Å². The molecule has 8 heteroatoms. The molecular formula is C31H40B2N2O4. The van der Waals surface area contributed by atoms with E-state index in [0.717, 1.165) is 17.3 Å². The van der Waals surface area contributed by atoms with Crippen LogP contribution < -0.4 is 10.9 Å². The lowest BCUT2D eigenvalue weighted by Crippen LogP contribution is -2.41. The van der Waals surface area contributed by atoms with Gasteiger partial charge in [-0.3, -0.25) is 0 Å². The van der Waals surface area contributed by atoms with Crippen LogP contribution in [0.1, 0.15) is 66.5 Å². The molecule has 0 N–H and O–H groups in total. The topological polar surface area (TPSA) is 46.8 Å². The van der Waals surface area contributed by atoms with E-state index < -0.39 is 0 Å². The van der Waals surface area contributed by atoms with E-state index in [2.05, 4.69) is 127 Å². The van der Waals surface area contributed by atoms with Crippen LogP contribution in [-0.2, 0) is 39.1 Å². The van der Waals surface area contributed by atoms with Crippen molar-refractivity contribution in [2.75, 3.05) is 0 Å². The maximum absolute atomic E-state index is 6.36. The van der Waals surface area contributed by atoms with Crippen LogP contribution in [0.4, 0.5) is 0 Å². The molecule has 0 amide bonds. The third kappa shape index (κ3) is 4.19. The van der Waals surface area contributed by atoms with E-state index in [0.29, 0.717) is 0 Å². The predicted molar refractivity (Wildman–Crippen MR) is 160 cm³/mol. The normalized spacial score (nSPS) is 21.5. The Bertz CT molecular complexity index is 1450. The molecule has 0 unspecified atom stereocenters. The van der Waals surface area contributed by atoms with Gasteiger partial charge in [0.15, 0.2) is 0 Å². The molecule has 2 aliphatic heterocycles. The summed E-state index contributed by atoms with van der Waals surface area (Å²) < 4.78 is 29.9. The van der Waals surface area contributed by atoms with E-state index >= 15 is 0 Å². The first-order valence-corrected chi connectivity index (χ1v) is 14.0. The minimum Gasteiger partial charge on any atom is -0.399 e. The maximum Gasteiger partial charge on any atom is 0.494 e. The van der Waals surface area contributed by atoms with Crippen LogP contribution in [0.25, 0.3) is 21.8 Å². The summed E-state index contributed by atoms with van der Waals surface area (Å²) in [6.07, 6.45) is 5.31. The average molecular weight is 526 g/mol. The highest BCUT2D eigenvalue weighted by Gasteiger charge is 2.52. The number of benzene rings is 2. The van der Waals surface area contributed by atoms with Gasteiger partial charge in [0.25, 0.3) is 0 Å². The monoisotopic (exact) mass is 526 g/mol. The molecular weight excluding hydrogens is 486 g/mol. The summed E-state index contributed by atoms with van der Waals surface area (Å²) in [5, 5.41) is 2.45. The van der Waals surface area contributed by atoms with Gasteiger partial charge in [-0.15, -0.1) is 0 Å². The number of rotatable bonds is 4. The molecule has 2 saturated heterocycles. The van der Waals surface area contributed by atoms with Gasteiger partial charge >= 0.3 is 14.2 Å². The second kappa shape index (κ2) is 8.50. The minimum atomic E-state index is -0.382. The molecule has 0 atom stereocenters. The van der Waals surface area contributed by atoms with Gasteiger partial charge in [0, 0.05) is 54.7 Å². The number of aryl methyl sites for hydroxylation is 2. The maximum atomic E-state index is 6.36. The van der Waals surface area contributed by atoms with Gasteiger partial charge in [-0.1, -0.05) is 24.3 Å². The molecule has 0 spiro atoms. The molecule has 0 radical (unpaired) electrons. The number of fused-ring (bicyclic) bond motifs is 2. The number of aromatic nitrogens is 2. The van der Waals surface area contributed by atoms with Crippen LogP contribution in [0.5, 0.6) is 0 Å². The van der Waals surface area contributed by atoms with Crippen molar-refractivity contribution in [3.05, 3.63) is 59.9 Å². The highest BCUT2D eigenvalue weighted by molar-refractivity contribution is 6.62. The molecule has 4 aromatic rings. The van der Waals surface area contributed by atoms with Crippen molar-refractivity contribution in [3.63, 3.8) is 0 Å². The van der Waals surface area contributed by atoms with E-state index in [1.807, 2.05) is 0 Å². The number of nitrogens with zero attached hydrogens (tertiary/aromatic N) is 2. The van der Waals surface area contributed by atoms with E-state index in [4.69, 9.17) is 18.6 Å². The summed E-state index contributed by atoms with van der Waals surface area (Å²) in [6, 6.07) is 13.1. The Balaban J connectivity index is 1.36. The lowest BCUT2D eigenvalue weighted by atomic mass is 9.78. The van der Waals surface area contributed by atoms with Crippen LogP contribution in [-0.4, -0.2) is 45.8 Å². The van der Waals surface area contributed by atoms with Crippen LogP contribution in [0.15, 0.2) is 48.8 Å². The molecule has 2 aromatic heterocycles. The zero-order valence-corrected chi connectivity index (χ0v) is 25.0. The molecule has 0 bridgehead atoms. The summed E-state index contributed by atoms with van der Waals surface area (Å²) in [4.78, 5) is 0. The SMILES string of the molecule is Cn1cc(Cc2cn(C)c3ccc(B4OC(C)(C)C(C)(C)O4)cc23)c2cc(B3OC(C)(C)C(C)(C)O3)ccc21. The molecule has 4 heterocycles. The zero-order valence-electron chi connectivity index (χ0n) is 25.0. The van der Waals surface area contributed by atoms with Gasteiger partial charge in [0.1, 0.15) is 0 Å². The fourth-order valence-electron chi connectivity index (χ4n) is 5.72. The Morgan fingerprint density at radius 1 is 0.564 bits per heavy atom. The first-order chi connectivity index (χ1) is 18.1. The third-order valence-corrected chi connectivity index (χ3v) is 9.62. The molecule has 0 saturated carbocycles. The van der Waals surface area contributed by atoms with E-state index in [1.54, 1.807) is 0 Å². The molecule has 6 nitrogen and oxygen atoms in total. The third-order valence-electron chi connectivity index (χ3n) is 9.62. The lowest BCUT2D eigenvalue weighted by molar-refractivity contribution is 0.00578.